The number of nitrogens with zero attached hydrogens (tertiary/aromatic N) is 2. The molecule has 0 unspecified atom stereocenters. The monoisotopic (exact) mass is 322 g/mol. The normalized spacial score (nSPS) is 18.8. The van der Waals surface area contributed by atoms with Gasteiger partial charge in [0.25, 0.3) is 11.8 Å². The van der Waals surface area contributed by atoms with Crippen LogP contribution < -0.4 is 0 Å². The fraction of sp³-hybridized carbons (Fsp3) is 0.467. The molecule has 1 saturated heterocycles. The Balaban J connectivity index is 1.60. The highest BCUT2D eigenvalue weighted by Crippen LogP contribution is 2.18. The third-order valence-electron chi connectivity index (χ3n) is 3.75. The van der Waals surface area contributed by atoms with Gasteiger partial charge in [-0.25, -0.2) is 0 Å². The molecule has 0 atom stereocenters. The summed E-state index contributed by atoms with van der Waals surface area (Å²) < 4.78 is 10.8. The molecule has 1 aromatic heterocycles. The second-order valence-electron chi connectivity index (χ2n) is 5.14. The van der Waals surface area contributed by atoms with E-state index in [9.17, 15) is 9.59 Å². The summed E-state index contributed by atoms with van der Waals surface area (Å²) in [6.07, 6.45) is 0. The summed E-state index contributed by atoms with van der Waals surface area (Å²) in [5, 5.41) is 1.89. The molecule has 0 bridgehead atoms. The molecule has 2 aliphatic rings. The minimum Gasteiger partial charge on any atom is -0.491 e. The minimum absolute atomic E-state index is 0.0368. The summed E-state index contributed by atoms with van der Waals surface area (Å²) in [6.45, 7) is 4.71. The number of carbonyl (C=O) groups excluding carboxylic acids is 2. The van der Waals surface area contributed by atoms with Crippen LogP contribution in [0.3, 0.4) is 0 Å². The molecule has 2 amide bonds. The SMILES string of the molecule is CC1=C(C(=O)N2CCN(C(=O)c3cccs3)CC2)OCCO1. The smallest absolute Gasteiger partial charge is 0.292 e. The lowest BCUT2D eigenvalue weighted by Crippen LogP contribution is -2.51. The Bertz CT molecular complexity index is 589. The molecule has 3 heterocycles. The second-order valence-corrected chi connectivity index (χ2v) is 6.09. The highest BCUT2D eigenvalue weighted by atomic mass is 32.1. The predicted octanol–water partition coefficient (Wildman–Crippen LogP) is 1.31. The molecule has 0 aliphatic carbocycles. The van der Waals surface area contributed by atoms with Gasteiger partial charge in [-0.1, -0.05) is 6.07 Å². The molecule has 1 aromatic rings. The van der Waals surface area contributed by atoms with E-state index < -0.39 is 0 Å². The lowest BCUT2D eigenvalue weighted by molar-refractivity contribution is -0.134. The van der Waals surface area contributed by atoms with Crippen molar-refractivity contribution in [2.24, 2.45) is 0 Å². The van der Waals surface area contributed by atoms with Gasteiger partial charge in [0, 0.05) is 26.2 Å². The lowest BCUT2D eigenvalue weighted by atomic mass is 10.2. The summed E-state index contributed by atoms with van der Waals surface area (Å²) in [4.78, 5) is 28.9. The number of amides is 2. The summed E-state index contributed by atoms with van der Waals surface area (Å²) in [5.41, 5.74) is 0. The number of piperazine rings is 1. The molecule has 6 nitrogen and oxygen atoms in total. The van der Waals surface area contributed by atoms with E-state index in [-0.39, 0.29) is 11.8 Å². The molecule has 1 fully saturated rings. The van der Waals surface area contributed by atoms with Gasteiger partial charge in [-0.2, -0.15) is 0 Å². The number of allylic oxidation sites excluding steroid dienone is 1. The molecule has 3 rings (SSSR count). The number of rotatable bonds is 2. The fourth-order valence-electron chi connectivity index (χ4n) is 2.53. The molecular formula is C15H18N2O4S. The van der Waals surface area contributed by atoms with Crippen molar-refractivity contribution in [3.8, 4) is 0 Å². The third-order valence-corrected chi connectivity index (χ3v) is 4.61. The number of carbonyl (C=O) groups is 2. The number of hydrogen-bond donors (Lipinski definition) is 0. The van der Waals surface area contributed by atoms with Gasteiger partial charge in [-0.05, 0) is 18.4 Å². The van der Waals surface area contributed by atoms with Crippen molar-refractivity contribution in [3.63, 3.8) is 0 Å². The van der Waals surface area contributed by atoms with Crippen LogP contribution in [0.2, 0.25) is 0 Å². The number of hydrogen-bond acceptors (Lipinski definition) is 5. The van der Waals surface area contributed by atoms with Crippen LogP contribution in [0, 0.1) is 0 Å². The Kier molecular flexibility index (Phi) is 4.33. The molecule has 118 valence electrons. The van der Waals surface area contributed by atoms with Gasteiger partial charge in [0.2, 0.25) is 5.76 Å². The summed E-state index contributed by atoms with van der Waals surface area (Å²) in [6, 6.07) is 3.69. The Morgan fingerprint density at radius 3 is 2.27 bits per heavy atom. The zero-order chi connectivity index (χ0) is 15.5. The van der Waals surface area contributed by atoms with Crippen LogP contribution in [0.1, 0.15) is 16.6 Å². The van der Waals surface area contributed by atoms with Crippen LogP contribution in [0.25, 0.3) is 0 Å². The largest absolute Gasteiger partial charge is 0.491 e. The van der Waals surface area contributed by atoms with Crippen LogP contribution in [0.5, 0.6) is 0 Å². The van der Waals surface area contributed by atoms with E-state index in [1.807, 2.05) is 17.5 Å². The van der Waals surface area contributed by atoms with Crippen molar-refractivity contribution in [1.29, 1.82) is 0 Å². The van der Waals surface area contributed by atoms with E-state index in [1.54, 1.807) is 16.7 Å². The highest BCUT2D eigenvalue weighted by molar-refractivity contribution is 7.12. The molecule has 0 spiro atoms. The molecule has 0 aromatic carbocycles. The molecular weight excluding hydrogens is 304 g/mol. The Morgan fingerprint density at radius 2 is 1.68 bits per heavy atom. The van der Waals surface area contributed by atoms with E-state index in [0.717, 1.165) is 4.88 Å². The Morgan fingerprint density at radius 1 is 1.05 bits per heavy atom. The quantitative estimate of drug-likeness (QED) is 0.824. The topological polar surface area (TPSA) is 59.1 Å². The van der Waals surface area contributed by atoms with Gasteiger partial charge in [-0.3, -0.25) is 9.59 Å². The molecule has 22 heavy (non-hydrogen) atoms. The first kappa shape index (κ1) is 14.9. The van der Waals surface area contributed by atoms with Crippen molar-refractivity contribution >= 4 is 23.2 Å². The average Bonchev–Trinajstić information content (AvgIpc) is 3.09. The van der Waals surface area contributed by atoms with Crippen molar-refractivity contribution in [2.75, 3.05) is 39.4 Å². The third kappa shape index (κ3) is 2.94. The first-order valence-electron chi connectivity index (χ1n) is 7.25. The fourth-order valence-corrected chi connectivity index (χ4v) is 3.22. The van der Waals surface area contributed by atoms with E-state index in [2.05, 4.69) is 0 Å². The minimum atomic E-state index is -0.152. The maximum Gasteiger partial charge on any atom is 0.292 e. The number of thiophene rings is 1. The van der Waals surface area contributed by atoms with Crippen molar-refractivity contribution in [1.82, 2.24) is 9.80 Å². The molecule has 0 N–H and O–H groups in total. The Hall–Kier alpha value is -2.02. The second kappa shape index (κ2) is 6.39. The molecule has 7 heteroatoms. The molecule has 2 aliphatic heterocycles. The van der Waals surface area contributed by atoms with Crippen LogP contribution >= 0.6 is 11.3 Å². The average molecular weight is 322 g/mol. The number of ether oxygens (including phenoxy) is 2. The zero-order valence-corrected chi connectivity index (χ0v) is 13.2. The van der Waals surface area contributed by atoms with Crippen LogP contribution in [-0.4, -0.2) is 61.0 Å². The van der Waals surface area contributed by atoms with Gasteiger partial charge in [-0.15, -0.1) is 11.3 Å². The van der Waals surface area contributed by atoms with Crippen molar-refractivity contribution in [2.45, 2.75) is 6.92 Å². The first-order chi connectivity index (χ1) is 10.7. The molecule has 0 radical (unpaired) electrons. The first-order valence-corrected chi connectivity index (χ1v) is 8.13. The molecule has 0 saturated carbocycles. The van der Waals surface area contributed by atoms with Crippen molar-refractivity contribution < 1.29 is 19.1 Å². The maximum atomic E-state index is 12.4. The van der Waals surface area contributed by atoms with Crippen LogP contribution in [0.15, 0.2) is 29.0 Å². The predicted molar refractivity (Wildman–Crippen MR) is 81.4 cm³/mol. The van der Waals surface area contributed by atoms with E-state index in [0.29, 0.717) is 50.9 Å². The summed E-state index contributed by atoms with van der Waals surface area (Å²) in [7, 11) is 0. The lowest BCUT2D eigenvalue weighted by Gasteiger charge is -2.35. The van der Waals surface area contributed by atoms with Crippen LogP contribution in [-0.2, 0) is 14.3 Å². The van der Waals surface area contributed by atoms with Gasteiger partial charge >= 0.3 is 0 Å². The maximum absolute atomic E-state index is 12.4. The van der Waals surface area contributed by atoms with Gasteiger partial charge in [0.1, 0.15) is 19.0 Å². The standard InChI is InChI=1S/C15H18N2O4S/c1-11-13(21-9-8-20-11)15(19)17-6-4-16(5-7-17)14(18)12-3-2-10-22-12/h2-3,10H,4-9H2,1H3. The van der Waals surface area contributed by atoms with Gasteiger partial charge in [0.15, 0.2) is 0 Å². The van der Waals surface area contributed by atoms with Gasteiger partial charge in [0.05, 0.1) is 4.88 Å². The summed E-state index contributed by atoms with van der Waals surface area (Å²) >= 11 is 1.44. The summed E-state index contributed by atoms with van der Waals surface area (Å²) in [5.74, 6) is 0.716. The van der Waals surface area contributed by atoms with E-state index >= 15 is 0 Å². The van der Waals surface area contributed by atoms with Crippen LogP contribution in [0.4, 0.5) is 0 Å². The Labute approximate surface area is 132 Å². The van der Waals surface area contributed by atoms with E-state index in [4.69, 9.17) is 9.47 Å². The highest BCUT2D eigenvalue weighted by Gasteiger charge is 2.29. The zero-order valence-electron chi connectivity index (χ0n) is 12.4. The van der Waals surface area contributed by atoms with Crippen molar-refractivity contribution in [3.05, 3.63) is 33.9 Å². The van der Waals surface area contributed by atoms with Gasteiger partial charge < -0.3 is 19.3 Å². The van der Waals surface area contributed by atoms with E-state index in [1.165, 1.54) is 11.3 Å².